The molecule has 1 heterocycles. The van der Waals surface area contributed by atoms with E-state index in [0.29, 0.717) is 31.1 Å². The molecule has 1 aromatic carbocycles. The maximum atomic E-state index is 11.9. The Morgan fingerprint density at radius 2 is 2.39 bits per heavy atom. The number of nitrogen functional groups attached to an aromatic ring is 1. The van der Waals surface area contributed by atoms with E-state index in [1.54, 1.807) is 18.2 Å². The fraction of sp³-hybridized carbons (Fsp3) is 0.333. The zero-order chi connectivity index (χ0) is 13.0. The summed E-state index contributed by atoms with van der Waals surface area (Å²) in [6.07, 6.45) is 0. The molecule has 96 valence electrons. The standard InChI is InChI=1S/C12H16N4O2/c1-2-18-6-5-14-12(17)11-9-7-8(13)3-4-10(9)15-16-11/h3-4,7H,2,5-6,13H2,1H3,(H,14,17)(H,15,16). The summed E-state index contributed by atoms with van der Waals surface area (Å²) in [4.78, 5) is 11.9. The van der Waals surface area contributed by atoms with Gasteiger partial charge in [0.2, 0.25) is 0 Å². The van der Waals surface area contributed by atoms with Crippen LogP contribution in [0.3, 0.4) is 0 Å². The third kappa shape index (κ3) is 2.60. The molecule has 2 aromatic rings. The normalized spacial score (nSPS) is 10.7. The van der Waals surface area contributed by atoms with E-state index >= 15 is 0 Å². The fourth-order valence-corrected chi connectivity index (χ4v) is 1.67. The molecule has 1 amide bonds. The van der Waals surface area contributed by atoms with Crippen LogP contribution in [0.1, 0.15) is 17.4 Å². The van der Waals surface area contributed by atoms with E-state index in [2.05, 4.69) is 15.5 Å². The van der Waals surface area contributed by atoms with Crippen molar-refractivity contribution in [2.24, 2.45) is 0 Å². The van der Waals surface area contributed by atoms with Gasteiger partial charge in [0, 0.05) is 24.2 Å². The maximum Gasteiger partial charge on any atom is 0.272 e. The molecule has 0 aliphatic heterocycles. The van der Waals surface area contributed by atoms with Gasteiger partial charge in [-0.25, -0.2) is 0 Å². The van der Waals surface area contributed by atoms with Crippen molar-refractivity contribution in [2.45, 2.75) is 6.92 Å². The van der Waals surface area contributed by atoms with Crippen LogP contribution < -0.4 is 11.1 Å². The highest BCUT2D eigenvalue weighted by molar-refractivity contribution is 6.05. The number of H-pyrrole nitrogens is 1. The molecule has 0 aliphatic rings. The molecule has 0 fully saturated rings. The van der Waals surface area contributed by atoms with Crippen molar-refractivity contribution in [3.8, 4) is 0 Å². The Balaban J connectivity index is 2.10. The van der Waals surface area contributed by atoms with Gasteiger partial charge in [0.1, 0.15) is 0 Å². The van der Waals surface area contributed by atoms with Gasteiger partial charge in [-0.1, -0.05) is 0 Å². The van der Waals surface area contributed by atoms with E-state index in [1.807, 2.05) is 6.92 Å². The van der Waals surface area contributed by atoms with Crippen molar-refractivity contribution in [1.29, 1.82) is 0 Å². The lowest BCUT2D eigenvalue weighted by molar-refractivity contribution is 0.0919. The number of amides is 1. The largest absolute Gasteiger partial charge is 0.399 e. The zero-order valence-corrected chi connectivity index (χ0v) is 10.2. The van der Waals surface area contributed by atoms with Crippen molar-refractivity contribution in [2.75, 3.05) is 25.5 Å². The minimum Gasteiger partial charge on any atom is -0.399 e. The number of carbonyl (C=O) groups is 1. The minimum absolute atomic E-state index is 0.230. The van der Waals surface area contributed by atoms with Gasteiger partial charge < -0.3 is 15.8 Å². The third-order valence-electron chi connectivity index (χ3n) is 2.54. The molecule has 0 saturated carbocycles. The molecular formula is C12H16N4O2. The van der Waals surface area contributed by atoms with E-state index in [0.717, 1.165) is 10.9 Å². The van der Waals surface area contributed by atoms with Crippen LogP contribution in [0.15, 0.2) is 18.2 Å². The van der Waals surface area contributed by atoms with Crippen molar-refractivity contribution in [1.82, 2.24) is 15.5 Å². The van der Waals surface area contributed by atoms with Crippen LogP contribution in [-0.4, -0.2) is 35.9 Å². The van der Waals surface area contributed by atoms with Crippen LogP contribution in [0.2, 0.25) is 0 Å². The maximum absolute atomic E-state index is 11.9. The van der Waals surface area contributed by atoms with Crippen LogP contribution in [0.25, 0.3) is 10.9 Å². The summed E-state index contributed by atoms with van der Waals surface area (Å²) < 4.78 is 5.14. The highest BCUT2D eigenvalue weighted by Gasteiger charge is 2.13. The van der Waals surface area contributed by atoms with Crippen LogP contribution >= 0.6 is 0 Å². The highest BCUT2D eigenvalue weighted by atomic mass is 16.5. The van der Waals surface area contributed by atoms with Crippen LogP contribution in [0.4, 0.5) is 5.69 Å². The van der Waals surface area contributed by atoms with E-state index in [1.165, 1.54) is 0 Å². The quantitative estimate of drug-likeness (QED) is 0.541. The number of ether oxygens (including phenoxy) is 1. The predicted molar refractivity (Wildman–Crippen MR) is 69.3 cm³/mol. The highest BCUT2D eigenvalue weighted by Crippen LogP contribution is 2.18. The van der Waals surface area contributed by atoms with Crippen LogP contribution in [0.5, 0.6) is 0 Å². The zero-order valence-electron chi connectivity index (χ0n) is 10.2. The summed E-state index contributed by atoms with van der Waals surface area (Å²) in [6, 6.07) is 5.29. The van der Waals surface area contributed by atoms with E-state index in [4.69, 9.17) is 10.5 Å². The Bertz CT molecular complexity index is 550. The van der Waals surface area contributed by atoms with Gasteiger partial charge in [0.05, 0.1) is 12.1 Å². The number of hydrogen-bond acceptors (Lipinski definition) is 4. The second-order valence-electron chi connectivity index (χ2n) is 3.83. The van der Waals surface area contributed by atoms with Crippen molar-refractivity contribution in [3.63, 3.8) is 0 Å². The van der Waals surface area contributed by atoms with Gasteiger partial charge >= 0.3 is 0 Å². The average molecular weight is 248 g/mol. The molecule has 0 atom stereocenters. The molecule has 0 saturated heterocycles. The second kappa shape index (κ2) is 5.50. The minimum atomic E-state index is -0.230. The number of rotatable bonds is 5. The van der Waals surface area contributed by atoms with Gasteiger partial charge in [0.25, 0.3) is 5.91 Å². The number of anilines is 1. The van der Waals surface area contributed by atoms with Gasteiger partial charge in [0.15, 0.2) is 5.69 Å². The first-order valence-corrected chi connectivity index (χ1v) is 5.82. The third-order valence-corrected chi connectivity index (χ3v) is 2.54. The van der Waals surface area contributed by atoms with Gasteiger partial charge in [-0.2, -0.15) is 5.10 Å². The number of carbonyl (C=O) groups excluding carboxylic acids is 1. The monoisotopic (exact) mass is 248 g/mol. The summed E-state index contributed by atoms with van der Waals surface area (Å²) in [5, 5.41) is 10.3. The first-order valence-electron chi connectivity index (χ1n) is 5.82. The Kier molecular flexibility index (Phi) is 3.78. The molecule has 6 nitrogen and oxygen atoms in total. The molecule has 6 heteroatoms. The fourth-order valence-electron chi connectivity index (χ4n) is 1.67. The van der Waals surface area contributed by atoms with Crippen molar-refractivity contribution < 1.29 is 9.53 Å². The van der Waals surface area contributed by atoms with Gasteiger partial charge in [-0.05, 0) is 25.1 Å². The van der Waals surface area contributed by atoms with Crippen molar-refractivity contribution >= 4 is 22.5 Å². The number of nitrogens with zero attached hydrogens (tertiary/aromatic N) is 1. The molecule has 0 bridgehead atoms. The lowest BCUT2D eigenvalue weighted by Crippen LogP contribution is -2.27. The molecule has 0 unspecified atom stereocenters. The molecule has 1 aromatic heterocycles. The van der Waals surface area contributed by atoms with E-state index in [-0.39, 0.29) is 5.91 Å². The van der Waals surface area contributed by atoms with Gasteiger partial charge in [-0.3, -0.25) is 9.89 Å². The summed E-state index contributed by atoms with van der Waals surface area (Å²) in [5.41, 5.74) is 7.45. The lowest BCUT2D eigenvalue weighted by Gasteiger charge is -2.03. The number of nitrogens with two attached hydrogens (primary N) is 1. The molecule has 0 radical (unpaired) electrons. The Morgan fingerprint density at radius 3 is 3.17 bits per heavy atom. The molecular weight excluding hydrogens is 232 g/mol. The Hall–Kier alpha value is -2.08. The number of fused-ring (bicyclic) bond motifs is 1. The first-order chi connectivity index (χ1) is 8.72. The van der Waals surface area contributed by atoms with Crippen LogP contribution in [-0.2, 0) is 4.74 Å². The van der Waals surface area contributed by atoms with E-state index < -0.39 is 0 Å². The second-order valence-corrected chi connectivity index (χ2v) is 3.83. The SMILES string of the molecule is CCOCCNC(=O)c1n[nH]c2ccc(N)cc12. The van der Waals surface area contributed by atoms with Crippen molar-refractivity contribution in [3.05, 3.63) is 23.9 Å². The first kappa shape index (κ1) is 12.4. The lowest BCUT2D eigenvalue weighted by atomic mass is 10.2. The topological polar surface area (TPSA) is 93.0 Å². The molecule has 0 spiro atoms. The average Bonchev–Trinajstić information content (AvgIpc) is 2.77. The van der Waals surface area contributed by atoms with Crippen LogP contribution in [0, 0.1) is 0 Å². The number of aromatic nitrogens is 2. The van der Waals surface area contributed by atoms with E-state index in [9.17, 15) is 4.79 Å². The van der Waals surface area contributed by atoms with Gasteiger partial charge in [-0.15, -0.1) is 0 Å². The summed E-state index contributed by atoms with van der Waals surface area (Å²) in [6.45, 7) is 3.50. The molecule has 18 heavy (non-hydrogen) atoms. The number of aromatic amines is 1. The number of benzene rings is 1. The number of nitrogens with one attached hydrogen (secondary N) is 2. The summed E-state index contributed by atoms with van der Waals surface area (Å²) >= 11 is 0. The summed E-state index contributed by atoms with van der Waals surface area (Å²) in [5.74, 6) is -0.230. The molecule has 4 N–H and O–H groups in total. The summed E-state index contributed by atoms with van der Waals surface area (Å²) in [7, 11) is 0. The Labute approximate surface area is 104 Å². The molecule has 0 aliphatic carbocycles. The predicted octanol–water partition coefficient (Wildman–Crippen LogP) is 0.911. The Morgan fingerprint density at radius 1 is 1.56 bits per heavy atom. The smallest absolute Gasteiger partial charge is 0.272 e. The number of hydrogen-bond donors (Lipinski definition) is 3. The molecule has 2 rings (SSSR count).